The predicted molar refractivity (Wildman–Crippen MR) is 88.3 cm³/mol. The third-order valence-corrected chi connectivity index (χ3v) is 4.91. The Balaban J connectivity index is 0.000000861. The molecule has 110 valence electrons. The van der Waals surface area contributed by atoms with Gasteiger partial charge >= 0.3 is 0 Å². The third kappa shape index (κ3) is 5.40. The second-order valence-electron chi connectivity index (χ2n) is 5.98. The van der Waals surface area contributed by atoms with E-state index in [1.165, 1.54) is 38.5 Å². The summed E-state index contributed by atoms with van der Waals surface area (Å²) >= 11 is 4.68. The van der Waals surface area contributed by atoms with Gasteiger partial charge in [-0.2, -0.15) is 12.6 Å². The summed E-state index contributed by atoms with van der Waals surface area (Å²) < 4.78 is 0. The van der Waals surface area contributed by atoms with Crippen LogP contribution in [0.2, 0.25) is 0 Å². The average molecular weight is 282 g/mol. The molecule has 0 saturated heterocycles. The quantitative estimate of drug-likeness (QED) is 0.545. The minimum Gasteiger partial charge on any atom is -0.327 e. The molecule has 2 aliphatic rings. The van der Waals surface area contributed by atoms with Crippen LogP contribution >= 0.6 is 12.6 Å². The molecule has 0 radical (unpaired) electrons. The van der Waals surface area contributed by atoms with Gasteiger partial charge in [-0.3, -0.25) is 0 Å². The summed E-state index contributed by atoms with van der Waals surface area (Å²) in [5.74, 6) is 8.67. The predicted octanol–water partition coefficient (Wildman–Crippen LogP) is 4.27. The van der Waals surface area contributed by atoms with Crippen LogP contribution in [0.4, 0.5) is 0 Å². The van der Waals surface area contributed by atoms with Crippen molar-refractivity contribution in [3.8, 4) is 11.8 Å². The van der Waals surface area contributed by atoms with Gasteiger partial charge in [0.05, 0.1) is 5.25 Å². The van der Waals surface area contributed by atoms with E-state index in [4.69, 9.17) is 5.73 Å². The van der Waals surface area contributed by atoms with E-state index in [1.54, 1.807) is 0 Å². The van der Waals surface area contributed by atoms with Crippen molar-refractivity contribution < 1.29 is 0 Å². The summed E-state index contributed by atoms with van der Waals surface area (Å²) in [6.45, 7) is 6.28. The van der Waals surface area contributed by atoms with Crippen LogP contribution in [0.3, 0.4) is 0 Å². The van der Waals surface area contributed by atoms with Gasteiger partial charge in [0.25, 0.3) is 0 Å². The Morgan fingerprint density at radius 2 is 1.74 bits per heavy atom. The van der Waals surface area contributed by atoms with Crippen molar-refractivity contribution in [2.45, 2.75) is 77.0 Å². The highest BCUT2D eigenvalue weighted by atomic mass is 32.1. The molecule has 0 aromatic rings. The largest absolute Gasteiger partial charge is 0.327 e. The van der Waals surface area contributed by atoms with Gasteiger partial charge in [-0.05, 0) is 37.5 Å². The molecule has 2 fully saturated rings. The van der Waals surface area contributed by atoms with Crippen LogP contribution in [0, 0.1) is 29.6 Å². The standard InChI is InChI=1S/C15H25NS.C2H6/c1-11-9-13(14(16)10-11)7-8-15(17)12-5-3-2-4-6-12;1-2/h11-15,17H,2-6,9-10,16H2,1H3;1-2H3. The summed E-state index contributed by atoms with van der Waals surface area (Å²) in [5.41, 5.74) is 6.11. The lowest BCUT2D eigenvalue weighted by molar-refractivity contribution is 0.371. The molecule has 2 heteroatoms. The molecule has 4 atom stereocenters. The van der Waals surface area contributed by atoms with Crippen molar-refractivity contribution in [2.24, 2.45) is 23.5 Å². The Kier molecular flexibility index (Phi) is 7.95. The van der Waals surface area contributed by atoms with Crippen molar-refractivity contribution in [3.05, 3.63) is 0 Å². The molecule has 0 heterocycles. The highest BCUT2D eigenvalue weighted by Crippen LogP contribution is 2.31. The molecule has 0 amide bonds. The summed E-state index contributed by atoms with van der Waals surface area (Å²) in [5, 5.41) is 0.276. The zero-order chi connectivity index (χ0) is 14.3. The van der Waals surface area contributed by atoms with Crippen molar-refractivity contribution in [3.63, 3.8) is 0 Å². The van der Waals surface area contributed by atoms with Crippen molar-refractivity contribution in [1.82, 2.24) is 0 Å². The molecule has 2 rings (SSSR count). The molecule has 19 heavy (non-hydrogen) atoms. The van der Waals surface area contributed by atoms with Gasteiger partial charge in [-0.1, -0.05) is 51.9 Å². The Morgan fingerprint density at radius 1 is 1.11 bits per heavy atom. The molecule has 0 bridgehead atoms. The van der Waals surface area contributed by atoms with Crippen LogP contribution in [0.25, 0.3) is 0 Å². The topological polar surface area (TPSA) is 26.0 Å². The number of rotatable bonds is 1. The highest BCUT2D eigenvalue weighted by Gasteiger charge is 2.28. The fourth-order valence-corrected chi connectivity index (χ4v) is 3.63. The number of hydrogen-bond acceptors (Lipinski definition) is 2. The third-order valence-electron chi connectivity index (χ3n) is 4.36. The fraction of sp³-hybridized carbons (Fsp3) is 0.882. The van der Waals surface area contributed by atoms with E-state index in [2.05, 4.69) is 31.4 Å². The van der Waals surface area contributed by atoms with Crippen LogP contribution in [0.1, 0.15) is 65.7 Å². The van der Waals surface area contributed by atoms with Gasteiger partial charge < -0.3 is 5.73 Å². The Bertz CT molecular complexity index is 298. The number of hydrogen-bond donors (Lipinski definition) is 2. The first kappa shape index (κ1) is 16.9. The molecule has 0 aliphatic heterocycles. The van der Waals surface area contributed by atoms with Crippen LogP contribution in [-0.4, -0.2) is 11.3 Å². The van der Waals surface area contributed by atoms with Gasteiger partial charge in [0.2, 0.25) is 0 Å². The molecule has 0 spiro atoms. The molecular weight excluding hydrogens is 250 g/mol. The van der Waals surface area contributed by atoms with Gasteiger partial charge in [0.15, 0.2) is 0 Å². The average Bonchev–Trinajstić information content (AvgIpc) is 2.77. The minimum absolute atomic E-state index is 0.276. The van der Waals surface area contributed by atoms with E-state index >= 15 is 0 Å². The van der Waals surface area contributed by atoms with E-state index in [9.17, 15) is 0 Å². The summed E-state index contributed by atoms with van der Waals surface area (Å²) in [4.78, 5) is 0. The van der Waals surface area contributed by atoms with Crippen molar-refractivity contribution in [1.29, 1.82) is 0 Å². The maximum Gasteiger partial charge on any atom is 0.0655 e. The van der Waals surface area contributed by atoms with Crippen LogP contribution < -0.4 is 5.73 Å². The molecule has 0 aromatic carbocycles. The minimum atomic E-state index is 0.276. The Morgan fingerprint density at radius 3 is 2.26 bits per heavy atom. The van der Waals surface area contributed by atoms with Crippen molar-refractivity contribution >= 4 is 12.6 Å². The second kappa shape index (κ2) is 8.93. The summed E-state index contributed by atoms with van der Waals surface area (Å²) in [6.07, 6.45) is 9.08. The lowest BCUT2D eigenvalue weighted by Crippen LogP contribution is -2.24. The van der Waals surface area contributed by atoms with Gasteiger partial charge in [-0.15, -0.1) is 0 Å². The first-order valence-corrected chi connectivity index (χ1v) is 8.63. The normalized spacial score (nSPS) is 32.8. The van der Waals surface area contributed by atoms with E-state index in [0.717, 1.165) is 18.3 Å². The van der Waals surface area contributed by atoms with E-state index in [-0.39, 0.29) is 5.25 Å². The Labute approximate surface area is 125 Å². The molecule has 2 aliphatic carbocycles. The Hall–Kier alpha value is -0.130. The highest BCUT2D eigenvalue weighted by molar-refractivity contribution is 7.81. The van der Waals surface area contributed by atoms with Crippen LogP contribution in [-0.2, 0) is 0 Å². The molecule has 0 aromatic heterocycles. The van der Waals surface area contributed by atoms with Crippen molar-refractivity contribution in [2.75, 3.05) is 0 Å². The molecule has 4 unspecified atom stereocenters. The smallest absolute Gasteiger partial charge is 0.0655 e. The van der Waals surface area contributed by atoms with E-state index < -0.39 is 0 Å². The van der Waals surface area contributed by atoms with E-state index in [1.807, 2.05) is 13.8 Å². The first-order valence-electron chi connectivity index (χ1n) is 8.11. The fourth-order valence-electron chi connectivity index (χ4n) is 3.26. The van der Waals surface area contributed by atoms with Crippen LogP contribution in [0.15, 0.2) is 0 Å². The maximum atomic E-state index is 6.11. The lowest BCUT2D eigenvalue weighted by Gasteiger charge is -2.23. The van der Waals surface area contributed by atoms with Gasteiger partial charge in [0, 0.05) is 12.0 Å². The SMILES string of the molecule is CC.CC1CC(N)C(C#CC(S)C2CCCCC2)C1. The molecule has 1 nitrogen and oxygen atoms in total. The zero-order valence-electron chi connectivity index (χ0n) is 12.9. The summed E-state index contributed by atoms with van der Waals surface area (Å²) in [7, 11) is 0. The molecular formula is C17H31NS. The molecule has 2 saturated carbocycles. The van der Waals surface area contributed by atoms with Gasteiger partial charge in [-0.25, -0.2) is 0 Å². The number of nitrogens with two attached hydrogens (primary N) is 1. The van der Waals surface area contributed by atoms with Crippen LogP contribution in [0.5, 0.6) is 0 Å². The van der Waals surface area contributed by atoms with E-state index in [0.29, 0.717) is 12.0 Å². The zero-order valence-corrected chi connectivity index (χ0v) is 13.8. The summed E-state index contributed by atoms with van der Waals surface area (Å²) in [6, 6.07) is 0.296. The second-order valence-corrected chi connectivity index (χ2v) is 6.53. The lowest BCUT2D eigenvalue weighted by atomic mass is 9.86. The van der Waals surface area contributed by atoms with Gasteiger partial charge in [0.1, 0.15) is 0 Å². The molecule has 2 N–H and O–H groups in total. The number of thiol groups is 1. The maximum absolute atomic E-state index is 6.11. The first-order chi connectivity index (χ1) is 9.16. The monoisotopic (exact) mass is 281 g/mol.